The normalized spacial score (nSPS) is 11.0. The molecular weight excluding hydrogens is 355 g/mol. The van der Waals surface area contributed by atoms with Gasteiger partial charge >= 0.3 is 0 Å². The number of aryl methyl sites for hydroxylation is 1. The molecule has 0 aliphatic rings. The van der Waals surface area contributed by atoms with Gasteiger partial charge < -0.3 is 9.80 Å². The SMILES string of the molecule is Cc1cccc(CN(CCN(C)C)C(=O)c2cnn(-c3ccccc3F)c2)c1. The van der Waals surface area contributed by atoms with E-state index in [1.165, 1.54) is 16.9 Å². The van der Waals surface area contributed by atoms with Crippen LogP contribution in [-0.4, -0.2) is 52.7 Å². The van der Waals surface area contributed by atoms with Gasteiger partial charge in [0.05, 0.1) is 11.8 Å². The second-order valence-electron chi connectivity index (χ2n) is 7.14. The molecule has 0 radical (unpaired) electrons. The van der Waals surface area contributed by atoms with Crippen LogP contribution in [0.4, 0.5) is 4.39 Å². The molecule has 0 atom stereocenters. The molecule has 0 unspecified atom stereocenters. The van der Waals surface area contributed by atoms with Crippen molar-refractivity contribution in [1.29, 1.82) is 0 Å². The van der Waals surface area contributed by atoms with Crippen molar-refractivity contribution in [3.05, 3.63) is 83.4 Å². The Kier molecular flexibility index (Phi) is 6.21. The van der Waals surface area contributed by atoms with Crippen LogP contribution in [0, 0.1) is 12.7 Å². The van der Waals surface area contributed by atoms with Crippen molar-refractivity contribution < 1.29 is 9.18 Å². The number of rotatable bonds is 7. The summed E-state index contributed by atoms with van der Waals surface area (Å²) in [5.41, 5.74) is 2.99. The van der Waals surface area contributed by atoms with Gasteiger partial charge in [0.2, 0.25) is 0 Å². The Hall–Kier alpha value is -2.99. The van der Waals surface area contributed by atoms with Crippen molar-refractivity contribution in [3.63, 3.8) is 0 Å². The molecule has 1 amide bonds. The lowest BCUT2D eigenvalue weighted by Crippen LogP contribution is -2.36. The number of halogens is 1. The van der Waals surface area contributed by atoms with Gasteiger partial charge in [0.15, 0.2) is 0 Å². The zero-order chi connectivity index (χ0) is 20.1. The summed E-state index contributed by atoms with van der Waals surface area (Å²) < 4.78 is 15.4. The predicted molar refractivity (Wildman–Crippen MR) is 108 cm³/mol. The van der Waals surface area contributed by atoms with Gasteiger partial charge in [-0.1, -0.05) is 42.0 Å². The van der Waals surface area contributed by atoms with Crippen molar-refractivity contribution in [3.8, 4) is 5.69 Å². The van der Waals surface area contributed by atoms with Crippen molar-refractivity contribution in [2.45, 2.75) is 13.5 Å². The van der Waals surface area contributed by atoms with Gasteiger partial charge in [-0.05, 0) is 38.7 Å². The second kappa shape index (κ2) is 8.80. The van der Waals surface area contributed by atoms with Crippen molar-refractivity contribution in [2.75, 3.05) is 27.2 Å². The van der Waals surface area contributed by atoms with E-state index in [9.17, 15) is 9.18 Å². The molecule has 2 aromatic carbocycles. The van der Waals surface area contributed by atoms with Crippen LogP contribution < -0.4 is 0 Å². The molecule has 3 rings (SSSR count). The highest BCUT2D eigenvalue weighted by Gasteiger charge is 2.19. The fourth-order valence-electron chi connectivity index (χ4n) is 2.99. The van der Waals surface area contributed by atoms with Crippen LogP contribution in [0.25, 0.3) is 5.69 Å². The third kappa shape index (κ3) is 4.84. The number of likely N-dealkylation sites (N-methyl/N-ethyl adjacent to an activating group) is 1. The zero-order valence-electron chi connectivity index (χ0n) is 16.5. The van der Waals surface area contributed by atoms with Gasteiger partial charge in [-0.3, -0.25) is 4.79 Å². The molecular formula is C22H25FN4O. The minimum Gasteiger partial charge on any atom is -0.333 e. The fraction of sp³-hybridized carbons (Fsp3) is 0.273. The molecule has 0 aliphatic heterocycles. The average molecular weight is 380 g/mol. The highest BCUT2D eigenvalue weighted by molar-refractivity contribution is 5.93. The Balaban J connectivity index is 1.83. The number of amides is 1. The summed E-state index contributed by atoms with van der Waals surface area (Å²) in [6.07, 6.45) is 3.08. The number of benzene rings is 2. The maximum Gasteiger partial charge on any atom is 0.257 e. The number of hydrogen-bond acceptors (Lipinski definition) is 3. The molecule has 0 aliphatic carbocycles. The van der Waals surface area contributed by atoms with Crippen LogP contribution >= 0.6 is 0 Å². The summed E-state index contributed by atoms with van der Waals surface area (Å²) in [4.78, 5) is 17.0. The highest BCUT2D eigenvalue weighted by Crippen LogP contribution is 2.15. The van der Waals surface area contributed by atoms with E-state index in [0.29, 0.717) is 24.3 Å². The number of aromatic nitrogens is 2. The number of hydrogen-bond donors (Lipinski definition) is 0. The first-order valence-corrected chi connectivity index (χ1v) is 9.23. The molecule has 0 saturated carbocycles. The average Bonchev–Trinajstić information content (AvgIpc) is 3.14. The topological polar surface area (TPSA) is 41.4 Å². The predicted octanol–water partition coefficient (Wildman–Crippen LogP) is 3.52. The Morgan fingerprint density at radius 3 is 2.61 bits per heavy atom. The molecule has 1 heterocycles. The van der Waals surface area contributed by atoms with Gasteiger partial charge in [0.25, 0.3) is 5.91 Å². The number of nitrogens with zero attached hydrogens (tertiary/aromatic N) is 4. The monoisotopic (exact) mass is 380 g/mol. The number of para-hydroxylation sites is 1. The Morgan fingerprint density at radius 2 is 1.89 bits per heavy atom. The first-order chi connectivity index (χ1) is 13.4. The number of carbonyl (C=O) groups excluding carboxylic acids is 1. The lowest BCUT2D eigenvalue weighted by molar-refractivity contribution is 0.0732. The summed E-state index contributed by atoms with van der Waals surface area (Å²) in [6, 6.07) is 14.5. The highest BCUT2D eigenvalue weighted by atomic mass is 19.1. The Bertz CT molecular complexity index is 951. The van der Waals surface area contributed by atoms with E-state index >= 15 is 0 Å². The summed E-state index contributed by atoms with van der Waals surface area (Å²) in [7, 11) is 3.96. The first kappa shape index (κ1) is 19.8. The molecule has 0 fully saturated rings. The minimum absolute atomic E-state index is 0.119. The van der Waals surface area contributed by atoms with Crippen LogP contribution in [0.2, 0.25) is 0 Å². The maximum atomic E-state index is 14.0. The molecule has 0 N–H and O–H groups in total. The van der Waals surface area contributed by atoms with Crippen LogP contribution in [0.3, 0.4) is 0 Å². The quantitative estimate of drug-likeness (QED) is 0.630. The smallest absolute Gasteiger partial charge is 0.257 e. The van der Waals surface area contributed by atoms with Crippen molar-refractivity contribution in [2.24, 2.45) is 0 Å². The summed E-state index contributed by atoms with van der Waals surface area (Å²) in [5.74, 6) is -0.500. The molecule has 146 valence electrons. The van der Waals surface area contributed by atoms with Crippen LogP contribution in [0.1, 0.15) is 21.5 Å². The van der Waals surface area contributed by atoms with Gasteiger partial charge in [0.1, 0.15) is 11.5 Å². The van der Waals surface area contributed by atoms with Crippen LogP contribution in [-0.2, 0) is 6.54 Å². The third-order valence-electron chi connectivity index (χ3n) is 4.49. The molecule has 5 nitrogen and oxygen atoms in total. The molecule has 28 heavy (non-hydrogen) atoms. The van der Waals surface area contributed by atoms with Gasteiger partial charge in [-0.2, -0.15) is 5.10 Å². The van der Waals surface area contributed by atoms with Crippen molar-refractivity contribution in [1.82, 2.24) is 19.6 Å². The Morgan fingerprint density at radius 1 is 1.11 bits per heavy atom. The fourth-order valence-corrected chi connectivity index (χ4v) is 2.99. The van der Waals surface area contributed by atoms with E-state index in [1.54, 1.807) is 29.3 Å². The zero-order valence-corrected chi connectivity index (χ0v) is 16.5. The van der Waals surface area contributed by atoms with E-state index in [1.807, 2.05) is 44.1 Å². The standard InChI is InChI=1S/C22H25FN4O/c1-17-7-6-8-18(13-17)15-26(12-11-25(2)3)22(28)19-14-24-27(16-19)21-10-5-4-9-20(21)23/h4-10,13-14,16H,11-12,15H2,1-3H3. The van der Waals surface area contributed by atoms with E-state index < -0.39 is 0 Å². The maximum absolute atomic E-state index is 14.0. The summed E-state index contributed by atoms with van der Waals surface area (Å²) >= 11 is 0. The second-order valence-corrected chi connectivity index (χ2v) is 7.14. The molecule has 1 aromatic heterocycles. The van der Waals surface area contributed by atoms with E-state index in [4.69, 9.17) is 0 Å². The molecule has 0 bridgehead atoms. The van der Waals surface area contributed by atoms with Gasteiger partial charge in [-0.25, -0.2) is 9.07 Å². The lowest BCUT2D eigenvalue weighted by atomic mass is 10.1. The van der Waals surface area contributed by atoms with E-state index in [-0.39, 0.29) is 11.7 Å². The van der Waals surface area contributed by atoms with Crippen LogP contribution in [0.5, 0.6) is 0 Å². The number of carbonyl (C=O) groups is 1. The molecule has 6 heteroatoms. The molecule has 0 saturated heterocycles. The van der Waals surface area contributed by atoms with E-state index in [0.717, 1.165) is 17.7 Å². The van der Waals surface area contributed by atoms with Gasteiger partial charge in [-0.15, -0.1) is 0 Å². The van der Waals surface area contributed by atoms with Crippen LogP contribution in [0.15, 0.2) is 60.9 Å². The minimum atomic E-state index is -0.381. The molecule has 0 spiro atoms. The van der Waals surface area contributed by atoms with Crippen molar-refractivity contribution >= 4 is 5.91 Å². The summed E-state index contributed by atoms with van der Waals surface area (Å²) in [6.45, 7) is 3.89. The largest absolute Gasteiger partial charge is 0.333 e. The van der Waals surface area contributed by atoms with Gasteiger partial charge in [0, 0.05) is 25.8 Å². The van der Waals surface area contributed by atoms with E-state index in [2.05, 4.69) is 11.2 Å². The first-order valence-electron chi connectivity index (χ1n) is 9.23. The summed E-state index contributed by atoms with van der Waals surface area (Å²) in [5, 5.41) is 4.19. The lowest BCUT2D eigenvalue weighted by Gasteiger charge is -2.24. The Labute approximate surface area is 165 Å². The third-order valence-corrected chi connectivity index (χ3v) is 4.49. The molecule has 3 aromatic rings.